The number of hydrogen-bond donors (Lipinski definition) is 2. The molecule has 2 aromatic rings. The molecule has 0 bridgehead atoms. The zero-order valence-electron chi connectivity index (χ0n) is 12.6. The third-order valence-electron chi connectivity index (χ3n) is 5.49. The summed E-state index contributed by atoms with van der Waals surface area (Å²) in [4.78, 5) is 5.75. The summed E-state index contributed by atoms with van der Waals surface area (Å²) < 4.78 is 6.14. The molecule has 0 saturated carbocycles. The summed E-state index contributed by atoms with van der Waals surface area (Å²) in [5, 5.41) is 11.0. The second kappa shape index (κ2) is 4.57. The fourth-order valence-electron chi connectivity index (χ4n) is 4.56. The van der Waals surface area contributed by atoms with Crippen LogP contribution in [0.1, 0.15) is 17.5 Å². The van der Waals surface area contributed by atoms with E-state index in [1.807, 2.05) is 7.11 Å². The smallest absolute Gasteiger partial charge is 0.110 e. The van der Waals surface area contributed by atoms with E-state index < -0.39 is 0 Å². The first kappa shape index (κ1) is 13.3. The minimum Gasteiger partial charge on any atom is -0.396 e. The zero-order chi connectivity index (χ0) is 14.6. The SMILES string of the molecule is CO[C@@]12C[C@@H](CO)CN(C)[C@@H]1Cc1c[nH]c3cccc2c13. The maximum Gasteiger partial charge on any atom is 0.110 e. The van der Waals surface area contributed by atoms with Crippen LogP contribution in [0.25, 0.3) is 10.9 Å². The number of aliphatic hydroxyl groups excluding tert-OH is 1. The van der Waals surface area contributed by atoms with Gasteiger partial charge < -0.3 is 14.8 Å². The number of methoxy groups -OCH3 is 1. The number of likely N-dealkylation sites (tertiary alicyclic amines) is 1. The van der Waals surface area contributed by atoms with Crippen LogP contribution >= 0.6 is 0 Å². The number of aromatic nitrogens is 1. The molecule has 0 radical (unpaired) electrons. The lowest BCUT2D eigenvalue weighted by atomic mass is 9.69. The summed E-state index contributed by atoms with van der Waals surface area (Å²) in [6.45, 7) is 1.15. The highest BCUT2D eigenvalue weighted by atomic mass is 16.5. The largest absolute Gasteiger partial charge is 0.396 e. The number of rotatable bonds is 2. The molecule has 112 valence electrons. The van der Waals surface area contributed by atoms with Gasteiger partial charge in [0.15, 0.2) is 0 Å². The van der Waals surface area contributed by atoms with E-state index in [-0.39, 0.29) is 18.1 Å². The van der Waals surface area contributed by atoms with Gasteiger partial charge in [0.2, 0.25) is 0 Å². The lowest BCUT2D eigenvalue weighted by molar-refractivity contribution is -0.130. The van der Waals surface area contributed by atoms with Gasteiger partial charge in [0.1, 0.15) is 5.60 Å². The number of H-pyrrole nitrogens is 1. The molecule has 1 aliphatic heterocycles. The molecular weight excluding hydrogens is 264 g/mol. The average molecular weight is 286 g/mol. The number of nitrogens with one attached hydrogen (secondary N) is 1. The van der Waals surface area contributed by atoms with Crippen molar-refractivity contribution in [1.82, 2.24) is 9.88 Å². The maximum absolute atomic E-state index is 9.67. The van der Waals surface area contributed by atoms with E-state index in [0.717, 1.165) is 19.4 Å². The summed E-state index contributed by atoms with van der Waals surface area (Å²) in [5.41, 5.74) is 3.54. The highest BCUT2D eigenvalue weighted by Crippen LogP contribution is 2.49. The molecule has 0 spiro atoms. The molecular formula is C17H22N2O2. The highest BCUT2D eigenvalue weighted by Gasteiger charge is 2.51. The van der Waals surface area contributed by atoms with E-state index in [1.54, 1.807) is 0 Å². The molecule has 2 heterocycles. The van der Waals surface area contributed by atoms with Crippen molar-refractivity contribution in [3.8, 4) is 0 Å². The Balaban J connectivity index is 1.96. The number of nitrogens with zero attached hydrogens (tertiary/aromatic N) is 1. The lowest BCUT2D eigenvalue weighted by Gasteiger charge is -2.52. The van der Waals surface area contributed by atoms with Crippen LogP contribution in [0.5, 0.6) is 0 Å². The number of aliphatic hydroxyl groups is 1. The van der Waals surface area contributed by atoms with Crippen molar-refractivity contribution in [2.45, 2.75) is 24.5 Å². The molecule has 0 unspecified atom stereocenters. The van der Waals surface area contributed by atoms with Crippen molar-refractivity contribution in [3.63, 3.8) is 0 Å². The fourth-order valence-corrected chi connectivity index (χ4v) is 4.56. The normalized spacial score (nSPS) is 32.3. The third kappa shape index (κ3) is 1.67. The van der Waals surface area contributed by atoms with Gasteiger partial charge in [-0.2, -0.15) is 0 Å². The van der Waals surface area contributed by atoms with Crippen LogP contribution in [-0.2, 0) is 16.8 Å². The van der Waals surface area contributed by atoms with Gasteiger partial charge in [0.05, 0.1) is 0 Å². The molecule has 3 atom stereocenters. The Morgan fingerprint density at radius 1 is 1.48 bits per heavy atom. The maximum atomic E-state index is 9.67. The first-order chi connectivity index (χ1) is 10.2. The quantitative estimate of drug-likeness (QED) is 0.886. The molecule has 0 amide bonds. The Hall–Kier alpha value is -1.36. The van der Waals surface area contributed by atoms with Gasteiger partial charge in [-0.25, -0.2) is 0 Å². The molecule has 1 fully saturated rings. The van der Waals surface area contributed by atoms with Gasteiger partial charge in [0, 0.05) is 43.4 Å². The van der Waals surface area contributed by atoms with Crippen molar-refractivity contribution >= 4 is 10.9 Å². The van der Waals surface area contributed by atoms with E-state index in [0.29, 0.717) is 6.04 Å². The Morgan fingerprint density at radius 3 is 3.10 bits per heavy atom. The van der Waals surface area contributed by atoms with Crippen LogP contribution in [0.2, 0.25) is 0 Å². The van der Waals surface area contributed by atoms with E-state index in [4.69, 9.17) is 4.74 Å². The van der Waals surface area contributed by atoms with E-state index in [9.17, 15) is 5.11 Å². The molecule has 4 heteroatoms. The topological polar surface area (TPSA) is 48.5 Å². The van der Waals surface area contributed by atoms with Gasteiger partial charge in [-0.05, 0) is 43.0 Å². The number of benzene rings is 1. The average Bonchev–Trinajstić information content (AvgIpc) is 2.93. The van der Waals surface area contributed by atoms with Crippen molar-refractivity contribution in [3.05, 3.63) is 35.5 Å². The predicted molar refractivity (Wildman–Crippen MR) is 82.3 cm³/mol. The van der Waals surface area contributed by atoms with E-state index in [1.165, 1.54) is 22.0 Å². The zero-order valence-corrected chi connectivity index (χ0v) is 12.6. The highest BCUT2D eigenvalue weighted by molar-refractivity contribution is 5.88. The number of fused-ring (bicyclic) bond motifs is 2. The second-order valence-electron chi connectivity index (χ2n) is 6.55. The second-order valence-corrected chi connectivity index (χ2v) is 6.55. The number of ether oxygens (including phenoxy) is 1. The molecule has 4 rings (SSSR count). The van der Waals surface area contributed by atoms with Crippen LogP contribution in [0.4, 0.5) is 0 Å². The van der Waals surface area contributed by atoms with Crippen molar-refractivity contribution in [2.24, 2.45) is 5.92 Å². The van der Waals surface area contributed by atoms with Crippen LogP contribution in [-0.4, -0.2) is 48.3 Å². The Labute approximate surface area is 124 Å². The molecule has 1 aliphatic carbocycles. The first-order valence-corrected chi connectivity index (χ1v) is 7.65. The van der Waals surface area contributed by atoms with Crippen LogP contribution < -0.4 is 0 Å². The summed E-state index contributed by atoms with van der Waals surface area (Å²) in [7, 11) is 3.97. The Kier molecular flexibility index (Phi) is 2.89. The summed E-state index contributed by atoms with van der Waals surface area (Å²) in [6.07, 6.45) is 4.03. The molecule has 1 aromatic heterocycles. The summed E-state index contributed by atoms with van der Waals surface area (Å²) in [6, 6.07) is 6.76. The van der Waals surface area contributed by atoms with Gasteiger partial charge in [-0.15, -0.1) is 0 Å². The van der Waals surface area contributed by atoms with Crippen LogP contribution in [0.3, 0.4) is 0 Å². The molecule has 1 aromatic carbocycles. The monoisotopic (exact) mass is 286 g/mol. The standard InChI is InChI=1S/C17H22N2O2/c1-19-9-11(10-20)7-17(21-2)13-4-3-5-14-16(13)12(8-18-14)6-15(17)19/h3-5,8,11,15,18,20H,6-7,9-10H2,1-2H3/t11-,15-,17-/m1/s1. The number of likely N-dealkylation sites (N-methyl/N-ethyl adjacent to an activating group) is 1. The molecule has 21 heavy (non-hydrogen) atoms. The molecule has 1 saturated heterocycles. The van der Waals surface area contributed by atoms with Crippen LogP contribution in [0.15, 0.2) is 24.4 Å². The van der Waals surface area contributed by atoms with Crippen molar-refractivity contribution in [1.29, 1.82) is 0 Å². The van der Waals surface area contributed by atoms with Gasteiger partial charge in [0.25, 0.3) is 0 Å². The number of hydrogen-bond acceptors (Lipinski definition) is 3. The fraction of sp³-hybridized carbons (Fsp3) is 0.529. The van der Waals surface area contributed by atoms with Gasteiger partial charge in [-0.3, -0.25) is 4.90 Å². The van der Waals surface area contributed by atoms with E-state index in [2.05, 4.69) is 41.3 Å². The number of aromatic amines is 1. The lowest BCUT2D eigenvalue weighted by Crippen LogP contribution is -2.59. The van der Waals surface area contributed by atoms with Crippen LogP contribution in [0, 0.1) is 5.92 Å². The Bertz CT molecular complexity index is 680. The molecule has 4 nitrogen and oxygen atoms in total. The minimum absolute atomic E-state index is 0.220. The van der Waals surface area contributed by atoms with Crippen molar-refractivity contribution < 1.29 is 9.84 Å². The van der Waals surface area contributed by atoms with E-state index >= 15 is 0 Å². The molecule has 2 N–H and O–H groups in total. The molecule has 2 aliphatic rings. The predicted octanol–water partition coefficient (Wildman–Crippen LogP) is 1.88. The Morgan fingerprint density at radius 2 is 2.33 bits per heavy atom. The first-order valence-electron chi connectivity index (χ1n) is 7.65. The minimum atomic E-state index is -0.310. The van der Waals surface area contributed by atoms with Gasteiger partial charge in [-0.1, -0.05) is 12.1 Å². The number of piperidine rings is 1. The summed E-state index contributed by atoms with van der Waals surface area (Å²) in [5.74, 6) is 0.266. The summed E-state index contributed by atoms with van der Waals surface area (Å²) >= 11 is 0. The third-order valence-corrected chi connectivity index (χ3v) is 5.49. The van der Waals surface area contributed by atoms with Gasteiger partial charge >= 0.3 is 0 Å². The van der Waals surface area contributed by atoms with Crippen molar-refractivity contribution in [2.75, 3.05) is 27.3 Å².